The molecular weight excluding hydrogens is 232 g/mol. The SMILES string of the molecule is C=CC(=O)N1CCN(CCc2cccs2)CC1. The predicted molar refractivity (Wildman–Crippen MR) is 71.2 cm³/mol. The minimum Gasteiger partial charge on any atom is -0.337 e. The Bertz CT molecular complexity index is 367. The van der Waals surface area contributed by atoms with Crippen LogP contribution in [0.4, 0.5) is 0 Å². The smallest absolute Gasteiger partial charge is 0.246 e. The molecule has 1 saturated heterocycles. The number of amides is 1. The van der Waals surface area contributed by atoms with Gasteiger partial charge in [0.2, 0.25) is 5.91 Å². The third kappa shape index (κ3) is 3.41. The lowest BCUT2D eigenvalue weighted by molar-refractivity contribution is -0.127. The lowest BCUT2D eigenvalue weighted by Crippen LogP contribution is -2.48. The average Bonchev–Trinajstić information content (AvgIpc) is 2.89. The first-order valence-corrected chi connectivity index (χ1v) is 6.83. The molecule has 0 N–H and O–H groups in total. The quantitative estimate of drug-likeness (QED) is 0.758. The maximum Gasteiger partial charge on any atom is 0.246 e. The normalized spacial score (nSPS) is 17.1. The summed E-state index contributed by atoms with van der Waals surface area (Å²) in [6.45, 7) is 8.23. The van der Waals surface area contributed by atoms with Gasteiger partial charge in [-0.3, -0.25) is 9.69 Å². The fourth-order valence-corrected chi connectivity index (χ4v) is 2.74. The number of hydrogen-bond donors (Lipinski definition) is 0. The number of piperazine rings is 1. The van der Waals surface area contributed by atoms with Gasteiger partial charge in [0.05, 0.1) is 0 Å². The van der Waals surface area contributed by atoms with Gasteiger partial charge in [-0.1, -0.05) is 12.6 Å². The largest absolute Gasteiger partial charge is 0.337 e. The van der Waals surface area contributed by atoms with Gasteiger partial charge < -0.3 is 4.90 Å². The molecule has 1 aliphatic heterocycles. The molecule has 0 aliphatic carbocycles. The zero-order valence-electron chi connectivity index (χ0n) is 9.97. The first-order valence-electron chi connectivity index (χ1n) is 5.95. The first-order chi connectivity index (χ1) is 8.29. The molecule has 0 atom stereocenters. The Morgan fingerprint density at radius 3 is 2.76 bits per heavy atom. The van der Waals surface area contributed by atoms with Crippen LogP contribution in [0.2, 0.25) is 0 Å². The van der Waals surface area contributed by atoms with Gasteiger partial charge in [0.1, 0.15) is 0 Å². The highest BCUT2D eigenvalue weighted by Gasteiger charge is 2.18. The number of nitrogens with zero attached hydrogens (tertiary/aromatic N) is 2. The van der Waals surface area contributed by atoms with Crippen molar-refractivity contribution in [1.82, 2.24) is 9.80 Å². The molecular formula is C13H18N2OS. The zero-order valence-corrected chi connectivity index (χ0v) is 10.8. The summed E-state index contributed by atoms with van der Waals surface area (Å²) in [6.07, 6.45) is 2.52. The summed E-state index contributed by atoms with van der Waals surface area (Å²) < 4.78 is 0. The number of rotatable bonds is 4. The van der Waals surface area contributed by atoms with Crippen LogP contribution in [0.25, 0.3) is 0 Å². The summed E-state index contributed by atoms with van der Waals surface area (Å²) in [5, 5.41) is 2.12. The Labute approximate surface area is 106 Å². The van der Waals surface area contributed by atoms with E-state index in [1.165, 1.54) is 11.0 Å². The van der Waals surface area contributed by atoms with Crippen LogP contribution in [-0.2, 0) is 11.2 Å². The predicted octanol–water partition coefficient (Wildman–Crippen LogP) is 1.62. The summed E-state index contributed by atoms with van der Waals surface area (Å²) in [4.78, 5) is 17.1. The van der Waals surface area contributed by atoms with Crippen molar-refractivity contribution in [1.29, 1.82) is 0 Å². The first kappa shape index (κ1) is 12.3. The molecule has 0 saturated carbocycles. The van der Waals surface area contributed by atoms with Crippen LogP contribution in [0.15, 0.2) is 30.2 Å². The van der Waals surface area contributed by atoms with Crippen molar-refractivity contribution in [2.45, 2.75) is 6.42 Å². The number of hydrogen-bond acceptors (Lipinski definition) is 3. The van der Waals surface area contributed by atoms with Gasteiger partial charge in [0.25, 0.3) is 0 Å². The second-order valence-corrected chi connectivity index (χ2v) is 5.23. The van der Waals surface area contributed by atoms with Crippen molar-refractivity contribution in [3.8, 4) is 0 Å². The van der Waals surface area contributed by atoms with Gasteiger partial charge in [-0.05, 0) is 23.9 Å². The Balaban J connectivity index is 1.72. The molecule has 1 amide bonds. The minimum atomic E-state index is 0.0582. The number of carbonyl (C=O) groups excluding carboxylic acids is 1. The van der Waals surface area contributed by atoms with E-state index in [4.69, 9.17) is 0 Å². The van der Waals surface area contributed by atoms with Crippen molar-refractivity contribution >= 4 is 17.2 Å². The van der Waals surface area contributed by atoms with Gasteiger partial charge in [-0.2, -0.15) is 0 Å². The summed E-state index contributed by atoms with van der Waals surface area (Å²) in [6, 6.07) is 4.28. The van der Waals surface area contributed by atoms with E-state index >= 15 is 0 Å². The molecule has 1 aliphatic rings. The van der Waals surface area contributed by atoms with Crippen molar-refractivity contribution in [3.63, 3.8) is 0 Å². The van der Waals surface area contributed by atoms with E-state index in [0.717, 1.165) is 39.1 Å². The molecule has 17 heavy (non-hydrogen) atoms. The Hall–Kier alpha value is -1.13. The fraction of sp³-hybridized carbons (Fsp3) is 0.462. The molecule has 0 radical (unpaired) electrons. The van der Waals surface area contributed by atoms with Crippen molar-refractivity contribution < 1.29 is 4.79 Å². The van der Waals surface area contributed by atoms with E-state index in [1.54, 1.807) is 0 Å². The van der Waals surface area contributed by atoms with E-state index < -0.39 is 0 Å². The van der Waals surface area contributed by atoms with E-state index in [-0.39, 0.29) is 5.91 Å². The van der Waals surface area contributed by atoms with Gasteiger partial charge in [-0.15, -0.1) is 11.3 Å². The summed E-state index contributed by atoms with van der Waals surface area (Å²) in [5.41, 5.74) is 0. The number of carbonyl (C=O) groups is 1. The van der Waals surface area contributed by atoms with Gasteiger partial charge in [0.15, 0.2) is 0 Å². The molecule has 1 aromatic heterocycles. The van der Waals surface area contributed by atoms with Gasteiger partial charge >= 0.3 is 0 Å². The highest BCUT2D eigenvalue weighted by atomic mass is 32.1. The van der Waals surface area contributed by atoms with E-state index in [9.17, 15) is 4.79 Å². The van der Waals surface area contributed by atoms with E-state index in [2.05, 4.69) is 29.0 Å². The maximum absolute atomic E-state index is 11.4. The van der Waals surface area contributed by atoms with Crippen molar-refractivity contribution in [2.24, 2.45) is 0 Å². The van der Waals surface area contributed by atoms with Crippen LogP contribution in [0.5, 0.6) is 0 Å². The third-order valence-corrected chi connectivity index (χ3v) is 4.05. The lowest BCUT2D eigenvalue weighted by Gasteiger charge is -2.34. The van der Waals surface area contributed by atoms with Crippen LogP contribution in [0, 0.1) is 0 Å². The minimum absolute atomic E-state index is 0.0582. The third-order valence-electron chi connectivity index (χ3n) is 3.11. The molecule has 3 nitrogen and oxygen atoms in total. The van der Waals surface area contributed by atoms with Crippen molar-refractivity contribution in [3.05, 3.63) is 35.0 Å². The average molecular weight is 250 g/mol. The summed E-state index contributed by atoms with van der Waals surface area (Å²) in [7, 11) is 0. The molecule has 2 rings (SSSR count). The topological polar surface area (TPSA) is 23.6 Å². The fourth-order valence-electron chi connectivity index (χ4n) is 2.04. The molecule has 0 unspecified atom stereocenters. The van der Waals surface area contributed by atoms with Crippen LogP contribution >= 0.6 is 11.3 Å². The summed E-state index contributed by atoms with van der Waals surface area (Å²) >= 11 is 1.82. The van der Waals surface area contributed by atoms with E-state index in [0.29, 0.717) is 0 Å². The molecule has 1 aromatic rings. The Kier molecular flexibility index (Phi) is 4.34. The van der Waals surface area contributed by atoms with Crippen LogP contribution in [0.3, 0.4) is 0 Å². The molecule has 2 heterocycles. The highest BCUT2D eigenvalue weighted by molar-refractivity contribution is 7.09. The summed E-state index contributed by atoms with van der Waals surface area (Å²) in [5.74, 6) is 0.0582. The molecule has 4 heteroatoms. The molecule has 1 fully saturated rings. The van der Waals surface area contributed by atoms with Gasteiger partial charge in [0, 0.05) is 37.6 Å². The zero-order chi connectivity index (χ0) is 12.1. The van der Waals surface area contributed by atoms with Crippen molar-refractivity contribution in [2.75, 3.05) is 32.7 Å². The maximum atomic E-state index is 11.4. The number of thiophene rings is 1. The second kappa shape index (κ2) is 5.98. The van der Waals surface area contributed by atoms with Crippen LogP contribution < -0.4 is 0 Å². The van der Waals surface area contributed by atoms with Crippen LogP contribution in [0.1, 0.15) is 4.88 Å². The Morgan fingerprint density at radius 2 is 2.18 bits per heavy atom. The monoisotopic (exact) mass is 250 g/mol. The van der Waals surface area contributed by atoms with Gasteiger partial charge in [-0.25, -0.2) is 0 Å². The second-order valence-electron chi connectivity index (χ2n) is 4.20. The van der Waals surface area contributed by atoms with E-state index in [1.807, 2.05) is 16.2 Å². The molecule has 0 spiro atoms. The lowest BCUT2D eigenvalue weighted by atomic mass is 10.2. The standard InChI is InChI=1S/C13H18N2OS/c1-2-13(16)15-9-7-14(8-10-15)6-5-12-4-3-11-17-12/h2-4,11H,1,5-10H2. The van der Waals surface area contributed by atoms with Crippen LogP contribution in [-0.4, -0.2) is 48.4 Å². The molecule has 0 aromatic carbocycles. The molecule has 0 bridgehead atoms. The highest BCUT2D eigenvalue weighted by Crippen LogP contribution is 2.11. The Morgan fingerprint density at radius 1 is 1.41 bits per heavy atom. The molecule has 92 valence electrons.